The van der Waals surface area contributed by atoms with E-state index in [4.69, 9.17) is 5.84 Å². The highest BCUT2D eigenvalue weighted by molar-refractivity contribution is 7.09. The number of aromatic nitrogens is 1. The van der Waals surface area contributed by atoms with Crippen LogP contribution in [-0.4, -0.2) is 17.5 Å². The summed E-state index contributed by atoms with van der Waals surface area (Å²) in [7, 11) is 0. The third kappa shape index (κ3) is 3.39. The van der Waals surface area contributed by atoms with Crippen LogP contribution in [0.2, 0.25) is 0 Å². The zero-order chi connectivity index (χ0) is 9.52. The fraction of sp³-hybridized carbons (Fsp3) is 0.429. The topological polar surface area (TPSA) is 75.3 Å². The van der Waals surface area contributed by atoms with Crippen LogP contribution in [0.5, 0.6) is 0 Å². The van der Waals surface area contributed by atoms with Crippen molar-refractivity contribution in [1.29, 1.82) is 0 Å². The van der Waals surface area contributed by atoms with Gasteiger partial charge in [-0.15, -0.1) is 11.3 Å². The largest absolute Gasteiger partial charge is 0.356 e. The Morgan fingerprint density at radius 3 is 3.15 bits per heavy atom. The summed E-state index contributed by atoms with van der Waals surface area (Å²) >= 11 is 1.58. The van der Waals surface area contributed by atoms with Gasteiger partial charge in [-0.2, -0.15) is 0 Å². The molecule has 4 N–H and O–H groups in total. The molecule has 0 bridgehead atoms. The molecule has 0 fully saturated rings. The standard InChI is InChI=1S/C7H13N5S/c1-2-9-7(12-8)11-5-6-10-3-4-13-6/h3-4H,2,5,8H2,1H3,(H2,9,11,12). The Bertz CT molecular complexity index is 256. The highest BCUT2D eigenvalue weighted by atomic mass is 32.1. The summed E-state index contributed by atoms with van der Waals surface area (Å²) in [5.41, 5.74) is 2.48. The maximum Gasteiger partial charge on any atom is 0.206 e. The van der Waals surface area contributed by atoms with Crippen LogP contribution in [0.25, 0.3) is 0 Å². The van der Waals surface area contributed by atoms with E-state index in [2.05, 4.69) is 20.7 Å². The second kappa shape index (κ2) is 5.50. The Hall–Kier alpha value is -1.14. The van der Waals surface area contributed by atoms with Crippen molar-refractivity contribution in [3.8, 4) is 0 Å². The average Bonchev–Trinajstić information content (AvgIpc) is 2.64. The molecule has 0 saturated carbocycles. The lowest BCUT2D eigenvalue weighted by Gasteiger charge is -2.04. The van der Waals surface area contributed by atoms with Gasteiger partial charge < -0.3 is 5.32 Å². The summed E-state index contributed by atoms with van der Waals surface area (Å²) in [6.45, 7) is 3.33. The molecule has 0 aliphatic carbocycles. The van der Waals surface area contributed by atoms with Gasteiger partial charge in [-0.25, -0.2) is 15.8 Å². The third-order valence-electron chi connectivity index (χ3n) is 1.34. The molecule has 1 aromatic heterocycles. The molecule has 0 aliphatic rings. The van der Waals surface area contributed by atoms with Crippen molar-refractivity contribution >= 4 is 17.3 Å². The van der Waals surface area contributed by atoms with Gasteiger partial charge >= 0.3 is 0 Å². The lowest BCUT2D eigenvalue weighted by molar-refractivity contribution is 0.850. The highest BCUT2D eigenvalue weighted by Crippen LogP contribution is 2.04. The van der Waals surface area contributed by atoms with Crippen molar-refractivity contribution in [3.63, 3.8) is 0 Å². The Morgan fingerprint density at radius 2 is 2.62 bits per heavy atom. The zero-order valence-corrected chi connectivity index (χ0v) is 8.27. The maximum absolute atomic E-state index is 5.24. The van der Waals surface area contributed by atoms with Gasteiger partial charge in [0.2, 0.25) is 5.96 Å². The summed E-state index contributed by atoms with van der Waals surface area (Å²) in [5.74, 6) is 5.83. The molecule has 0 amide bonds. The number of hydrazine groups is 1. The Labute approximate surface area is 81.1 Å². The summed E-state index contributed by atoms with van der Waals surface area (Å²) in [4.78, 5) is 8.29. The molecule has 5 nitrogen and oxygen atoms in total. The molecule has 0 radical (unpaired) electrons. The Morgan fingerprint density at radius 1 is 1.77 bits per heavy atom. The molecule has 1 heterocycles. The van der Waals surface area contributed by atoms with Crippen LogP contribution < -0.4 is 16.6 Å². The molecule has 0 aliphatic heterocycles. The van der Waals surface area contributed by atoms with Gasteiger partial charge in [-0.1, -0.05) is 0 Å². The fourth-order valence-corrected chi connectivity index (χ4v) is 1.34. The molecule has 0 spiro atoms. The average molecular weight is 199 g/mol. The van der Waals surface area contributed by atoms with E-state index in [1.165, 1.54) is 0 Å². The minimum atomic E-state index is 0.560. The van der Waals surface area contributed by atoms with Gasteiger partial charge in [0.15, 0.2) is 0 Å². The van der Waals surface area contributed by atoms with Crippen molar-refractivity contribution in [2.24, 2.45) is 10.8 Å². The number of thiazole rings is 1. The van der Waals surface area contributed by atoms with E-state index in [0.717, 1.165) is 11.6 Å². The van der Waals surface area contributed by atoms with Gasteiger partial charge in [-0.3, -0.25) is 5.43 Å². The summed E-state index contributed by atoms with van der Waals surface area (Å²) in [6.07, 6.45) is 1.76. The van der Waals surface area contributed by atoms with Crippen molar-refractivity contribution in [3.05, 3.63) is 16.6 Å². The van der Waals surface area contributed by atoms with E-state index in [0.29, 0.717) is 12.5 Å². The maximum atomic E-state index is 5.24. The monoisotopic (exact) mass is 199 g/mol. The zero-order valence-electron chi connectivity index (χ0n) is 7.45. The van der Waals surface area contributed by atoms with Crippen LogP contribution in [-0.2, 0) is 6.54 Å². The first-order valence-corrected chi connectivity index (χ1v) is 4.88. The number of guanidine groups is 1. The molecule has 13 heavy (non-hydrogen) atoms. The van der Waals surface area contributed by atoms with Crippen LogP contribution >= 0.6 is 11.3 Å². The van der Waals surface area contributed by atoms with Gasteiger partial charge in [0.1, 0.15) is 5.01 Å². The number of aliphatic imine (C=N–C) groups is 1. The Kier molecular flexibility index (Phi) is 4.20. The first kappa shape index (κ1) is 9.94. The van der Waals surface area contributed by atoms with E-state index in [1.54, 1.807) is 17.5 Å². The van der Waals surface area contributed by atoms with Crippen LogP contribution in [0, 0.1) is 0 Å². The highest BCUT2D eigenvalue weighted by Gasteiger charge is 1.95. The van der Waals surface area contributed by atoms with E-state index in [-0.39, 0.29) is 0 Å². The number of nitrogens with one attached hydrogen (secondary N) is 2. The number of hydrogen-bond acceptors (Lipinski definition) is 4. The van der Waals surface area contributed by atoms with Crippen LogP contribution in [0.4, 0.5) is 0 Å². The molecular formula is C7H13N5S. The third-order valence-corrected chi connectivity index (χ3v) is 2.10. The molecule has 0 aromatic carbocycles. The van der Waals surface area contributed by atoms with Gasteiger partial charge in [0, 0.05) is 18.1 Å². The van der Waals surface area contributed by atoms with E-state index in [1.807, 2.05) is 12.3 Å². The predicted molar refractivity (Wildman–Crippen MR) is 54.3 cm³/mol. The second-order valence-corrected chi connectivity index (χ2v) is 3.24. The van der Waals surface area contributed by atoms with E-state index < -0.39 is 0 Å². The molecule has 72 valence electrons. The number of nitrogens with two attached hydrogens (primary N) is 1. The van der Waals surface area contributed by atoms with E-state index >= 15 is 0 Å². The number of hydrogen-bond donors (Lipinski definition) is 3. The molecule has 1 aromatic rings. The quantitative estimate of drug-likeness (QED) is 0.279. The molecule has 6 heteroatoms. The number of rotatable bonds is 3. The predicted octanol–water partition coefficient (Wildman–Crippen LogP) is 0.0719. The first-order valence-electron chi connectivity index (χ1n) is 4.00. The molecular weight excluding hydrogens is 186 g/mol. The first-order chi connectivity index (χ1) is 6.36. The van der Waals surface area contributed by atoms with E-state index in [9.17, 15) is 0 Å². The van der Waals surface area contributed by atoms with Crippen LogP contribution in [0.1, 0.15) is 11.9 Å². The molecule has 0 atom stereocenters. The summed E-state index contributed by atoms with van der Waals surface area (Å²) in [6, 6.07) is 0. The molecule has 1 rings (SSSR count). The van der Waals surface area contributed by atoms with Gasteiger partial charge in [0.25, 0.3) is 0 Å². The fourth-order valence-electron chi connectivity index (χ4n) is 0.798. The van der Waals surface area contributed by atoms with Gasteiger partial charge in [0.05, 0.1) is 6.54 Å². The van der Waals surface area contributed by atoms with Crippen LogP contribution in [0.3, 0.4) is 0 Å². The SMILES string of the molecule is CCNC(=NCc1nccs1)NN. The van der Waals surface area contributed by atoms with Crippen molar-refractivity contribution in [2.45, 2.75) is 13.5 Å². The number of nitrogens with zero attached hydrogens (tertiary/aromatic N) is 2. The van der Waals surface area contributed by atoms with Crippen molar-refractivity contribution in [1.82, 2.24) is 15.7 Å². The lowest BCUT2D eigenvalue weighted by atomic mass is 10.7. The second-order valence-electron chi connectivity index (χ2n) is 2.27. The molecule has 0 saturated heterocycles. The van der Waals surface area contributed by atoms with Crippen molar-refractivity contribution < 1.29 is 0 Å². The Balaban J connectivity index is 2.45. The normalized spacial score (nSPS) is 11.4. The van der Waals surface area contributed by atoms with Crippen LogP contribution in [0.15, 0.2) is 16.6 Å². The van der Waals surface area contributed by atoms with Crippen molar-refractivity contribution in [2.75, 3.05) is 6.54 Å². The smallest absolute Gasteiger partial charge is 0.206 e. The summed E-state index contributed by atoms with van der Waals surface area (Å²) in [5, 5.41) is 5.89. The van der Waals surface area contributed by atoms with Gasteiger partial charge in [-0.05, 0) is 6.92 Å². The minimum Gasteiger partial charge on any atom is -0.356 e. The summed E-state index contributed by atoms with van der Waals surface area (Å²) < 4.78 is 0. The minimum absolute atomic E-state index is 0.560. The lowest BCUT2D eigenvalue weighted by Crippen LogP contribution is -2.41. The molecule has 0 unspecified atom stereocenters.